The fourth-order valence-electron chi connectivity index (χ4n) is 5.34. The topological polar surface area (TPSA) is 81.1 Å². The zero-order chi connectivity index (χ0) is 28.7. The van der Waals surface area contributed by atoms with E-state index in [0.717, 1.165) is 17.7 Å². The number of hydrogen-bond donors (Lipinski definition) is 3. The molecule has 1 fully saturated rings. The van der Waals surface area contributed by atoms with Gasteiger partial charge in [0.2, 0.25) is 5.96 Å². The zero-order valence-corrected chi connectivity index (χ0v) is 23.6. The predicted molar refractivity (Wildman–Crippen MR) is 159 cm³/mol. The average molecular weight is 595 g/mol. The monoisotopic (exact) mass is 594 g/mol. The summed E-state index contributed by atoms with van der Waals surface area (Å²) in [6.07, 6.45) is 0.887. The van der Waals surface area contributed by atoms with Crippen LogP contribution < -0.4 is 16.0 Å². The Hall–Kier alpha value is -3.79. The lowest BCUT2D eigenvalue weighted by Gasteiger charge is -2.23. The molecule has 11 heteroatoms. The smallest absolute Gasteiger partial charge is 0.255 e. The highest BCUT2D eigenvalue weighted by atomic mass is 35.5. The minimum atomic E-state index is -0.704. The van der Waals surface area contributed by atoms with E-state index >= 15 is 0 Å². The van der Waals surface area contributed by atoms with Gasteiger partial charge in [-0.15, -0.1) is 0 Å². The number of aliphatic imine (C=N–C) groups is 2. The van der Waals surface area contributed by atoms with Crippen molar-refractivity contribution in [2.24, 2.45) is 9.98 Å². The molecular formula is C30H26Cl2F2N6O. The number of benzene rings is 3. The Labute approximate surface area is 246 Å². The van der Waals surface area contributed by atoms with Gasteiger partial charge in [-0.1, -0.05) is 35.3 Å². The molecule has 7 nitrogen and oxygen atoms in total. The standard InChI is InChI=1S/C30H26Cl2F2N6O/c1-35-19-9-10-40(15-19)29(41)22-12-18(6-8-23(22)32)38-30-37-14-16-13-36-28(26-24(33)3-2-4-25(26)34)21-11-17(31)5-7-20(21)27(16)39-30/h2-8,11-12,19,35H,9-10,13-15H2,1H3,(H2,37,38,39). The molecule has 41 heavy (non-hydrogen) atoms. The number of carbonyl (C=O) groups is 1. The Morgan fingerprint density at radius 2 is 1.80 bits per heavy atom. The Morgan fingerprint density at radius 3 is 2.56 bits per heavy atom. The van der Waals surface area contributed by atoms with Gasteiger partial charge in [0.1, 0.15) is 11.6 Å². The van der Waals surface area contributed by atoms with Gasteiger partial charge in [-0.05, 0) is 61.5 Å². The van der Waals surface area contributed by atoms with Crippen molar-refractivity contribution >= 4 is 52.2 Å². The van der Waals surface area contributed by atoms with Crippen LogP contribution in [0.15, 0.2) is 70.2 Å². The highest BCUT2D eigenvalue weighted by Gasteiger charge is 2.29. The van der Waals surface area contributed by atoms with Crippen molar-refractivity contribution in [3.63, 3.8) is 0 Å². The van der Waals surface area contributed by atoms with Gasteiger partial charge in [-0.2, -0.15) is 0 Å². The highest BCUT2D eigenvalue weighted by Crippen LogP contribution is 2.32. The van der Waals surface area contributed by atoms with Gasteiger partial charge in [0.05, 0.1) is 40.6 Å². The maximum atomic E-state index is 14.8. The van der Waals surface area contributed by atoms with Crippen LogP contribution in [0.5, 0.6) is 0 Å². The molecule has 6 rings (SSSR count). The molecule has 3 aromatic rings. The maximum absolute atomic E-state index is 14.8. The second kappa shape index (κ2) is 11.2. The number of fused-ring (bicyclic) bond motifs is 2. The second-order valence-electron chi connectivity index (χ2n) is 10.1. The molecule has 210 valence electrons. The first-order chi connectivity index (χ1) is 19.8. The fourth-order valence-corrected chi connectivity index (χ4v) is 5.71. The molecule has 3 N–H and O–H groups in total. The molecule has 0 aliphatic carbocycles. The van der Waals surface area contributed by atoms with Crippen LogP contribution in [-0.4, -0.2) is 61.7 Å². The van der Waals surface area contributed by atoms with Gasteiger partial charge in [-0.25, -0.2) is 13.8 Å². The Morgan fingerprint density at radius 1 is 1.02 bits per heavy atom. The molecular weight excluding hydrogens is 569 g/mol. The summed E-state index contributed by atoms with van der Waals surface area (Å²) in [5.74, 6) is -1.09. The first-order valence-corrected chi connectivity index (χ1v) is 13.9. The molecule has 0 aromatic heterocycles. The van der Waals surface area contributed by atoms with Crippen molar-refractivity contribution in [2.75, 3.05) is 38.5 Å². The molecule has 0 bridgehead atoms. The molecule has 0 spiro atoms. The molecule has 0 saturated carbocycles. The number of nitrogens with zero attached hydrogens (tertiary/aromatic N) is 3. The van der Waals surface area contributed by atoms with Crippen LogP contribution in [-0.2, 0) is 0 Å². The molecule has 0 radical (unpaired) electrons. The normalized spacial score (nSPS) is 18.2. The molecule has 1 amide bonds. The number of carbonyl (C=O) groups excluding carboxylic acids is 1. The van der Waals surface area contributed by atoms with Crippen molar-refractivity contribution in [1.82, 2.24) is 15.5 Å². The number of anilines is 1. The highest BCUT2D eigenvalue weighted by molar-refractivity contribution is 6.34. The van der Waals surface area contributed by atoms with Gasteiger partial charge in [0.25, 0.3) is 5.91 Å². The van der Waals surface area contributed by atoms with Crippen LogP contribution in [0.3, 0.4) is 0 Å². The molecule has 3 aliphatic heterocycles. The summed E-state index contributed by atoms with van der Waals surface area (Å²) >= 11 is 12.8. The minimum Gasteiger partial charge on any atom is -0.337 e. The number of nitrogens with one attached hydrogen (secondary N) is 3. The fraction of sp³-hybridized carbons (Fsp3) is 0.233. The number of hydrogen-bond acceptors (Lipinski definition) is 6. The van der Waals surface area contributed by atoms with E-state index in [1.807, 2.05) is 7.05 Å². The molecule has 1 saturated heterocycles. The number of guanidine groups is 1. The number of likely N-dealkylation sites (N-methyl/N-ethyl adjacent to an activating group) is 1. The summed E-state index contributed by atoms with van der Waals surface area (Å²) < 4.78 is 29.7. The summed E-state index contributed by atoms with van der Waals surface area (Å²) in [4.78, 5) is 24.2. The molecule has 3 aliphatic rings. The van der Waals surface area contributed by atoms with Crippen molar-refractivity contribution in [1.29, 1.82) is 0 Å². The van der Waals surface area contributed by atoms with Crippen LogP contribution in [0.1, 0.15) is 33.5 Å². The van der Waals surface area contributed by atoms with Crippen molar-refractivity contribution in [2.45, 2.75) is 12.5 Å². The Bertz CT molecular complexity index is 1630. The van der Waals surface area contributed by atoms with Crippen LogP contribution in [0.4, 0.5) is 14.5 Å². The maximum Gasteiger partial charge on any atom is 0.255 e. The third-order valence-corrected chi connectivity index (χ3v) is 8.07. The Kier molecular flexibility index (Phi) is 7.50. The second-order valence-corrected chi connectivity index (χ2v) is 10.9. The van der Waals surface area contributed by atoms with E-state index in [2.05, 4.69) is 25.9 Å². The lowest BCUT2D eigenvalue weighted by molar-refractivity contribution is 0.0790. The van der Waals surface area contributed by atoms with E-state index < -0.39 is 11.6 Å². The van der Waals surface area contributed by atoms with Gasteiger partial charge < -0.3 is 20.9 Å². The quantitative estimate of drug-likeness (QED) is 0.381. The van der Waals surface area contributed by atoms with Crippen LogP contribution in [0, 0.1) is 11.6 Å². The number of halogens is 4. The predicted octanol–water partition coefficient (Wildman–Crippen LogP) is 5.34. The minimum absolute atomic E-state index is 0.125. The first kappa shape index (κ1) is 27.4. The number of rotatable bonds is 4. The first-order valence-electron chi connectivity index (χ1n) is 13.2. The lowest BCUT2D eigenvalue weighted by Crippen LogP contribution is -2.35. The van der Waals surface area contributed by atoms with E-state index in [-0.39, 0.29) is 29.8 Å². The largest absolute Gasteiger partial charge is 0.337 e. The lowest BCUT2D eigenvalue weighted by atomic mass is 9.94. The van der Waals surface area contributed by atoms with E-state index in [0.29, 0.717) is 58.0 Å². The average Bonchev–Trinajstić information content (AvgIpc) is 3.39. The molecule has 3 aromatic carbocycles. The summed E-state index contributed by atoms with van der Waals surface area (Å²) in [6.45, 7) is 1.78. The molecule has 3 heterocycles. The summed E-state index contributed by atoms with van der Waals surface area (Å²) in [7, 11) is 1.89. The van der Waals surface area contributed by atoms with E-state index in [9.17, 15) is 13.6 Å². The van der Waals surface area contributed by atoms with E-state index in [4.69, 9.17) is 23.2 Å². The summed E-state index contributed by atoms with van der Waals surface area (Å²) in [6, 6.07) is 14.4. The third kappa shape index (κ3) is 5.32. The van der Waals surface area contributed by atoms with Gasteiger partial charge in [0.15, 0.2) is 0 Å². The van der Waals surface area contributed by atoms with E-state index in [1.165, 1.54) is 18.2 Å². The van der Waals surface area contributed by atoms with Crippen molar-refractivity contribution in [3.05, 3.63) is 104 Å². The Balaban J connectivity index is 1.27. The zero-order valence-electron chi connectivity index (χ0n) is 22.1. The van der Waals surface area contributed by atoms with Gasteiger partial charge >= 0.3 is 0 Å². The van der Waals surface area contributed by atoms with E-state index in [1.54, 1.807) is 41.3 Å². The van der Waals surface area contributed by atoms with Crippen LogP contribution >= 0.6 is 23.2 Å². The van der Waals surface area contributed by atoms with Crippen molar-refractivity contribution in [3.8, 4) is 0 Å². The van der Waals surface area contributed by atoms with Crippen LogP contribution in [0.2, 0.25) is 10.0 Å². The number of likely N-dealkylation sites (tertiary alicyclic amines) is 1. The SMILES string of the molecule is CNC1CCN(C(=O)c2cc(NC3=NCC4=C(N3)c3ccc(Cl)cc3C(c3c(F)cccc3F)=NC4)ccc2Cl)C1. The van der Waals surface area contributed by atoms with Gasteiger partial charge in [-0.3, -0.25) is 9.79 Å². The third-order valence-electron chi connectivity index (χ3n) is 7.50. The van der Waals surface area contributed by atoms with Crippen molar-refractivity contribution < 1.29 is 13.6 Å². The summed E-state index contributed by atoms with van der Waals surface area (Å²) in [5, 5.41) is 10.6. The molecule has 1 atom stereocenters. The molecule has 1 unspecified atom stereocenters. The van der Waals surface area contributed by atoms with Gasteiger partial charge in [0, 0.05) is 41.0 Å². The summed E-state index contributed by atoms with van der Waals surface area (Å²) in [5.41, 5.74) is 3.80. The van der Waals surface area contributed by atoms with Crippen LogP contribution in [0.25, 0.3) is 5.70 Å². The number of amides is 1.